The van der Waals surface area contributed by atoms with Gasteiger partial charge in [0.1, 0.15) is 0 Å². The largest absolute Gasteiger partial charge is 0.363 e. The number of thiocarbonyl (C=S) groups is 1. The minimum atomic E-state index is -1.74. The highest BCUT2D eigenvalue weighted by Gasteiger charge is 2.64. The van der Waals surface area contributed by atoms with E-state index in [0.29, 0.717) is 0 Å². The Kier molecular flexibility index (Phi) is 1.47. The molecular weight excluding hydrogens is 159 g/mol. The van der Waals surface area contributed by atoms with E-state index >= 15 is 0 Å². The zero-order valence-corrected chi connectivity index (χ0v) is 5.95. The van der Waals surface area contributed by atoms with E-state index in [4.69, 9.17) is 10.6 Å². The quantitative estimate of drug-likeness (QED) is 0.313. The van der Waals surface area contributed by atoms with Crippen LogP contribution in [0.25, 0.3) is 0 Å². The zero-order valence-electron chi connectivity index (χ0n) is 4.24. The monoisotopic (exact) mass is 162 g/mol. The van der Waals surface area contributed by atoms with Gasteiger partial charge in [-0.1, -0.05) is 0 Å². The number of aliphatic imine (C=N–C) groups is 1. The van der Waals surface area contributed by atoms with Crippen molar-refractivity contribution in [3.63, 3.8) is 0 Å². The molecule has 1 rings (SSSR count). The summed E-state index contributed by atoms with van der Waals surface area (Å²) < 4.78 is 0. The molecule has 1 fully saturated rings. The first kappa shape index (κ1) is 6.93. The van der Waals surface area contributed by atoms with Crippen molar-refractivity contribution in [2.24, 2.45) is 10.7 Å². The van der Waals surface area contributed by atoms with E-state index in [-0.39, 0.29) is 0 Å². The number of hydrogen-bond acceptors (Lipinski definition) is 5. The van der Waals surface area contributed by atoms with Crippen molar-refractivity contribution in [3.05, 3.63) is 0 Å². The molecular formula is C3H3N2O2PS. The van der Waals surface area contributed by atoms with Gasteiger partial charge < -0.3 is 4.89 Å². The van der Waals surface area contributed by atoms with Gasteiger partial charge in [0.2, 0.25) is 10.9 Å². The summed E-state index contributed by atoms with van der Waals surface area (Å²) in [6.07, 6.45) is 0. The highest BCUT2D eigenvalue weighted by atomic mass is 32.1. The third kappa shape index (κ3) is 0.834. The molecule has 9 heavy (non-hydrogen) atoms. The van der Waals surface area contributed by atoms with E-state index in [2.05, 4.69) is 17.2 Å². The predicted octanol–water partition coefficient (Wildman–Crippen LogP) is -0.369. The first-order valence-corrected chi connectivity index (χ1v) is 3.74. The van der Waals surface area contributed by atoms with Crippen LogP contribution in [0.2, 0.25) is 0 Å². The molecule has 0 aromatic carbocycles. The second kappa shape index (κ2) is 1.90. The Hall–Kier alpha value is -0.180. The molecule has 0 amide bonds. The fourth-order valence-corrected chi connectivity index (χ4v) is 1.37. The summed E-state index contributed by atoms with van der Waals surface area (Å²) in [4.78, 5) is 22.4. The van der Waals surface area contributed by atoms with Crippen LogP contribution in [0.1, 0.15) is 0 Å². The average Bonchev–Trinajstić information content (AvgIpc) is 2.22. The third-order valence-corrected chi connectivity index (χ3v) is 2.54. The van der Waals surface area contributed by atoms with Gasteiger partial charge in [-0.05, 0) is 12.2 Å². The van der Waals surface area contributed by atoms with Crippen LogP contribution in [-0.2, 0) is 4.79 Å². The van der Waals surface area contributed by atoms with Gasteiger partial charge in [0.15, 0.2) is 8.15 Å². The van der Waals surface area contributed by atoms with Crippen LogP contribution in [0.15, 0.2) is 4.99 Å². The number of nitrogens with two attached hydrogens (primary N) is 1. The molecule has 0 spiro atoms. The Labute approximate surface area is 57.6 Å². The SMILES string of the molecule is NC1(N=C=S)C(=O)P1O. The molecule has 1 aliphatic heterocycles. The maximum atomic E-state index is 10.4. The van der Waals surface area contributed by atoms with Gasteiger partial charge >= 0.3 is 0 Å². The molecule has 0 aromatic rings. The smallest absolute Gasteiger partial charge is 0.235 e. The molecule has 0 saturated carbocycles. The number of rotatable bonds is 1. The van der Waals surface area contributed by atoms with E-state index in [9.17, 15) is 4.79 Å². The molecule has 0 radical (unpaired) electrons. The summed E-state index contributed by atoms with van der Waals surface area (Å²) in [6, 6.07) is 0. The second-order valence-corrected chi connectivity index (χ2v) is 3.44. The lowest BCUT2D eigenvalue weighted by atomic mass is 10.6. The van der Waals surface area contributed by atoms with Crippen LogP contribution in [0.5, 0.6) is 0 Å². The fraction of sp³-hybridized carbons (Fsp3) is 0.333. The maximum absolute atomic E-state index is 10.4. The molecule has 3 N–H and O–H groups in total. The number of nitrogens with zero attached hydrogens (tertiary/aromatic N) is 1. The van der Waals surface area contributed by atoms with Crippen molar-refractivity contribution in [1.29, 1.82) is 0 Å². The molecule has 6 heteroatoms. The molecule has 2 atom stereocenters. The van der Waals surface area contributed by atoms with E-state index in [1.807, 2.05) is 5.16 Å². The predicted molar refractivity (Wildman–Crippen MR) is 36.1 cm³/mol. The Morgan fingerprint density at radius 1 is 2.00 bits per heavy atom. The lowest BCUT2D eigenvalue weighted by Crippen LogP contribution is -2.20. The second-order valence-electron chi connectivity index (χ2n) is 1.55. The summed E-state index contributed by atoms with van der Waals surface area (Å²) in [7, 11) is -1.74. The van der Waals surface area contributed by atoms with Crippen LogP contribution in [-0.4, -0.2) is 21.0 Å². The average molecular weight is 162 g/mol. The fourth-order valence-electron chi connectivity index (χ4n) is 0.386. The van der Waals surface area contributed by atoms with Gasteiger partial charge in [-0.15, -0.1) is 0 Å². The molecule has 2 unspecified atom stereocenters. The maximum Gasteiger partial charge on any atom is 0.235 e. The summed E-state index contributed by atoms with van der Waals surface area (Å²) in [6.45, 7) is 0. The Morgan fingerprint density at radius 2 is 2.44 bits per heavy atom. The van der Waals surface area contributed by atoms with Crippen molar-refractivity contribution in [1.82, 2.24) is 0 Å². The summed E-state index contributed by atoms with van der Waals surface area (Å²) in [5, 5.41) is 0.558. The number of isothiocyanates is 1. The van der Waals surface area contributed by atoms with Crippen molar-refractivity contribution < 1.29 is 9.69 Å². The van der Waals surface area contributed by atoms with Crippen LogP contribution >= 0.6 is 20.4 Å². The Morgan fingerprint density at radius 3 is 2.56 bits per heavy atom. The molecule has 1 aliphatic rings. The number of hydrogen-bond donors (Lipinski definition) is 2. The van der Waals surface area contributed by atoms with Gasteiger partial charge in [0.25, 0.3) is 0 Å². The minimum Gasteiger partial charge on any atom is -0.363 e. The Bertz CT molecular complexity index is 210. The van der Waals surface area contributed by atoms with Crippen molar-refractivity contribution in [3.8, 4) is 0 Å². The molecule has 0 aliphatic carbocycles. The standard InChI is InChI=1S/C3H3N2O2PS/c4-3(5-1-9)2(6)8(3)7/h7H,4H2. The van der Waals surface area contributed by atoms with E-state index < -0.39 is 19.1 Å². The normalized spacial score (nSPS) is 39.8. The number of carbonyl (C=O) groups excluding carboxylic acids is 1. The first-order chi connectivity index (χ1) is 4.13. The van der Waals surface area contributed by atoms with Crippen LogP contribution < -0.4 is 5.73 Å². The first-order valence-electron chi connectivity index (χ1n) is 2.04. The number of carbonyl (C=O) groups is 1. The molecule has 4 nitrogen and oxygen atoms in total. The minimum absolute atomic E-state index is 0.435. The highest BCUT2D eigenvalue weighted by Crippen LogP contribution is 2.63. The molecule has 1 saturated heterocycles. The third-order valence-electron chi connectivity index (χ3n) is 0.996. The van der Waals surface area contributed by atoms with Crippen LogP contribution in [0.3, 0.4) is 0 Å². The van der Waals surface area contributed by atoms with Crippen LogP contribution in [0.4, 0.5) is 0 Å². The molecule has 48 valence electrons. The van der Waals surface area contributed by atoms with E-state index in [1.54, 1.807) is 0 Å². The van der Waals surface area contributed by atoms with Gasteiger partial charge in [0, 0.05) is 0 Å². The van der Waals surface area contributed by atoms with Gasteiger partial charge in [-0.3, -0.25) is 10.5 Å². The summed E-state index contributed by atoms with van der Waals surface area (Å²) in [5.41, 5.74) is 4.74. The lowest BCUT2D eigenvalue weighted by molar-refractivity contribution is -0.109. The molecule has 0 bridgehead atoms. The lowest BCUT2D eigenvalue weighted by Gasteiger charge is -1.89. The molecule has 0 aromatic heterocycles. The zero-order chi connectivity index (χ0) is 7.07. The van der Waals surface area contributed by atoms with E-state index in [1.165, 1.54) is 0 Å². The van der Waals surface area contributed by atoms with Gasteiger partial charge in [0.05, 0.1) is 5.16 Å². The van der Waals surface area contributed by atoms with Crippen molar-refractivity contribution in [2.45, 2.75) is 5.40 Å². The van der Waals surface area contributed by atoms with Gasteiger partial charge in [-0.25, -0.2) is 0 Å². The van der Waals surface area contributed by atoms with Gasteiger partial charge in [-0.2, -0.15) is 4.99 Å². The topological polar surface area (TPSA) is 75.7 Å². The van der Waals surface area contributed by atoms with Crippen LogP contribution in [0, 0.1) is 0 Å². The highest BCUT2D eigenvalue weighted by molar-refractivity contribution is 7.85. The Balaban J connectivity index is 2.82. The summed E-state index contributed by atoms with van der Waals surface area (Å²) >= 11 is 4.20. The van der Waals surface area contributed by atoms with E-state index in [0.717, 1.165) is 0 Å². The van der Waals surface area contributed by atoms with Crippen molar-refractivity contribution in [2.75, 3.05) is 0 Å². The molecule has 1 heterocycles. The summed E-state index contributed by atoms with van der Waals surface area (Å²) in [5.74, 6) is 0. The van der Waals surface area contributed by atoms with Crippen molar-refractivity contribution >= 4 is 31.1 Å².